The summed E-state index contributed by atoms with van der Waals surface area (Å²) in [4.78, 5) is 51.8. The van der Waals surface area contributed by atoms with Crippen molar-refractivity contribution in [2.45, 2.75) is 76.4 Å². The van der Waals surface area contributed by atoms with Gasteiger partial charge in [-0.05, 0) is 75.6 Å². The van der Waals surface area contributed by atoms with Crippen LogP contribution in [0.4, 0.5) is 0 Å². The molecule has 5 rings (SSSR count). The van der Waals surface area contributed by atoms with Gasteiger partial charge in [0.25, 0.3) is 10.9 Å². The highest BCUT2D eigenvalue weighted by Gasteiger charge is 2.72. The maximum absolute atomic E-state index is 13.0. The van der Waals surface area contributed by atoms with Crippen LogP contribution < -0.4 is 20.7 Å². The fourth-order valence-corrected chi connectivity index (χ4v) is 9.51. The average molecular weight is 709 g/mol. The zero-order chi connectivity index (χ0) is 36.4. The predicted molar refractivity (Wildman–Crippen MR) is 191 cm³/mol. The van der Waals surface area contributed by atoms with Crippen LogP contribution in [0.2, 0.25) is 0 Å². The van der Waals surface area contributed by atoms with Crippen LogP contribution in [0, 0.1) is 6.92 Å². The van der Waals surface area contributed by atoms with Gasteiger partial charge in [-0.3, -0.25) is 14.3 Å². The van der Waals surface area contributed by atoms with Crippen molar-refractivity contribution in [3.8, 4) is 11.5 Å². The summed E-state index contributed by atoms with van der Waals surface area (Å²) < 4.78 is 27.0. The van der Waals surface area contributed by atoms with E-state index < -0.39 is 42.4 Å². The first-order valence-electron chi connectivity index (χ1n) is 16.5. The number of aromatic nitrogens is 2. The molecular formula is C37H47N3O9P+. The van der Waals surface area contributed by atoms with Crippen LogP contribution in [-0.2, 0) is 15.1 Å². The van der Waals surface area contributed by atoms with Crippen LogP contribution in [0.25, 0.3) is 0 Å². The van der Waals surface area contributed by atoms with E-state index in [1.807, 2.05) is 107 Å². The number of nitrogens with one attached hydrogen (secondary N) is 1. The Bertz CT molecular complexity index is 1810. The van der Waals surface area contributed by atoms with Gasteiger partial charge in [-0.1, -0.05) is 54.6 Å². The molecule has 3 atom stereocenters. The van der Waals surface area contributed by atoms with Crippen LogP contribution in [0.5, 0.6) is 11.5 Å². The molecule has 268 valence electrons. The highest BCUT2D eigenvalue weighted by Crippen LogP contribution is 2.71. The molecule has 12 nitrogen and oxygen atoms in total. The van der Waals surface area contributed by atoms with Crippen molar-refractivity contribution in [2.75, 3.05) is 20.8 Å². The first-order chi connectivity index (χ1) is 23.7. The van der Waals surface area contributed by atoms with Crippen molar-refractivity contribution in [1.29, 1.82) is 0 Å². The van der Waals surface area contributed by atoms with Crippen molar-refractivity contribution in [1.82, 2.24) is 14.2 Å². The van der Waals surface area contributed by atoms with E-state index in [1.54, 1.807) is 21.1 Å². The third-order valence-electron chi connectivity index (χ3n) is 9.29. The molecule has 0 spiro atoms. The standard InChI is InChI=1S/C37H46N3O9P/c1-24(2)40(25(3)4)50(44,45)36(43)21-33(39-22-26(5)34(41)38-35(39)42)49-32(36)23-48-37(27-11-9-8-10-12-27,28-13-17-30(46-6)18-14-28)29-15-19-31(47-7)20-16-29/h8-20,22,24-25,32-33,43-45H,21,23H2,1-7H3/p+1/t32-,33-,36-/m1/s1. The van der Waals surface area contributed by atoms with Crippen molar-refractivity contribution in [2.24, 2.45) is 0 Å². The van der Waals surface area contributed by atoms with Crippen LogP contribution in [0.1, 0.15) is 62.6 Å². The monoisotopic (exact) mass is 708 g/mol. The molecule has 4 aromatic rings. The van der Waals surface area contributed by atoms with Crippen LogP contribution >= 0.6 is 7.87 Å². The molecule has 0 aliphatic carbocycles. The summed E-state index contributed by atoms with van der Waals surface area (Å²) in [5, 5.41) is 10.3. The van der Waals surface area contributed by atoms with E-state index >= 15 is 0 Å². The van der Waals surface area contributed by atoms with Gasteiger partial charge in [0.15, 0.2) is 6.10 Å². The van der Waals surface area contributed by atoms with Gasteiger partial charge in [-0.15, -0.1) is 4.67 Å². The lowest BCUT2D eigenvalue weighted by atomic mass is 9.80. The first-order valence-corrected chi connectivity index (χ1v) is 18.2. The van der Waals surface area contributed by atoms with Crippen LogP contribution in [-0.4, -0.2) is 73.5 Å². The molecule has 0 unspecified atom stereocenters. The van der Waals surface area contributed by atoms with E-state index in [1.165, 1.54) is 10.9 Å². The van der Waals surface area contributed by atoms with E-state index in [2.05, 4.69) is 4.98 Å². The Morgan fingerprint density at radius 2 is 1.40 bits per heavy atom. The third kappa shape index (κ3) is 6.77. The molecule has 1 aromatic heterocycles. The van der Waals surface area contributed by atoms with Crippen LogP contribution in [0.15, 0.2) is 94.6 Å². The largest absolute Gasteiger partial charge is 0.497 e. The summed E-state index contributed by atoms with van der Waals surface area (Å²) in [6.45, 7) is 8.45. The number of nitrogens with zero attached hydrogens (tertiary/aromatic N) is 2. The molecule has 3 aromatic carbocycles. The Labute approximate surface area is 292 Å². The first kappa shape index (κ1) is 37.4. The van der Waals surface area contributed by atoms with Crippen molar-refractivity contribution in [3.63, 3.8) is 0 Å². The second kappa shape index (κ2) is 14.8. The Morgan fingerprint density at radius 1 is 0.900 bits per heavy atom. The molecule has 50 heavy (non-hydrogen) atoms. The second-order valence-electron chi connectivity index (χ2n) is 13.1. The molecule has 1 aliphatic rings. The van der Waals surface area contributed by atoms with E-state index in [-0.39, 0.29) is 30.7 Å². The van der Waals surface area contributed by atoms with Gasteiger partial charge in [0.2, 0.25) is 0 Å². The van der Waals surface area contributed by atoms with E-state index in [0.29, 0.717) is 11.5 Å². The molecule has 1 aliphatic heterocycles. The number of hydrogen-bond donors (Lipinski definition) is 4. The number of aliphatic hydroxyl groups is 1. The van der Waals surface area contributed by atoms with Crippen molar-refractivity contribution in [3.05, 3.63) is 128 Å². The Hall–Kier alpha value is -3.87. The summed E-state index contributed by atoms with van der Waals surface area (Å²) >= 11 is 0. The van der Waals surface area contributed by atoms with E-state index in [9.17, 15) is 24.5 Å². The molecule has 13 heteroatoms. The van der Waals surface area contributed by atoms with Crippen molar-refractivity contribution < 1.29 is 33.8 Å². The maximum Gasteiger partial charge on any atom is 0.379 e. The quantitative estimate of drug-likeness (QED) is 0.113. The van der Waals surface area contributed by atoms with Gasteiger partial charge in [-0.25, -0.2) is 4.79 Å². The Morgan fingerprint density at radius 3 is 1.88 bits per heavy atom. The fraction of sp³-hybridized carbons (Fsp3) is 0.405. The Balaban J connectivity index is 1.69. The Kier molecular flexibility index (Phi) is 11.0. The highest BCUT2D eigenvalue weighted by molar-refractivity contribution is 7.63. The molecule has 2 heterocycles. The van der Waals surface area contributed by atoms with E-state index in [0.717, 1.165) is 21.3 Å². The smallest absolute Gasteiger partial charge is 0.379 e. The maximum atomic E-state index is 13.0. The van der Waals surface area contributed by atoms with Gasteiger partial charge in [-0.2, -0.15) is 9.79 Å². The molecule has 4 N–H and O–H groups in total. The number of methoxy groups -OCH3 is 2. The van der Waals surface area contributed by atoms with Crippen molar-refractivity contribution >= 4 is 7.87 Å². The zero-order valence-electron chi connectivity index (χ0n) is 29.4. The molecule has 0 bridgehead atoms. The summed E-state index contributed by atoms with van der Waals surface area (Å²) in [5.41, 5.74) is -0.174. The lowest BCUT2D eigenvalue weighted by molar-refractivity contribution is -0.107. The molecular weight excluding hydrogens is 661 g/mol. The minimum absolute atomic E-state index is 0.249. The third-order valence-corrected chi connectivity index (χ3v) is 12.4. The predicted octanol–water partition coefficient (Wildman–Crippen LogP) is 4.71. The summed E-state index contributed by atoms with van der Waals surface area (Å²) in [5.74, 6) is 1.28. The lowest BCUT2D eigenvalue weighted by Gasteiger charge is -2.41. The number of hydrogen-bond acceptors (Lipinski definition) is 10. The minimum atomic E-state index is -4.43. The zero-order valence-corrected chi connectivity index (χ0v) is 30.3. The summed E-state index contributed by atoms with van der Waals surface area (Å²) in [6, 6.07) is 23.6. The normalized spacial score (nSPS) is 19.8. The molecule has 0 saturated carbocycles. The van der Waals surface area contributed by atoms with Gasteiger partial charge in [0.1, 0.15) is 23.3 Å². The lowest BCUT2D eigenvalue weighted by Crippen LogP contribution is -2.52. The molecule has 0 amide bonds. The second-order valence-corrected chi connectivity index (χ2v) is 15.5. The number of ether oxygens (including phenoxy) is 4. The molecule has 0 radical (unpaired) electrons. The summed E-state index contributed by atoms with van der Waals surface area (Å²) in [6.07, 6.45) is -1.54. The summed E-state index contributed by atoms with van der Waals surface area (Å²) in [7, 11) is -1.26. The topological polar surface area (TPSA) is 156 Å². The SMILES string of the molecule is COc1ccc(C(OC[C@H]2O[C@@H](n3cc(C)c(=O)[nH]c3=O)C[C@@]2(O)[P+](O)(O)N(C(C)C)C(C)C)(c2ccccc2)c2ccc(OC)cc2)cc1. The number of aryl methyl sites for hydroxylation is 1. The number of rotatable bonds is 13. The average Bonchev–Trinajstić information content (AvgIpc) is 3.44. The molecule has 1 saturated heterocycles. The van der Waals surface area contributed by atoms with Crippen LogP contribution in [0.3, 0.4) is 0 Å². The van der Waals surface area contributed by atoms with Gasteiger partial charge < -0.3 is 24.1 Å². The van der Waals surface area contributed by atoms with Gasteiger partial charge in [0.05, 0.1) is 27.2 Å². The fourth-order valence-electron chi connectivity index (χ4n) is 6.90. The number of H-pyrrole nitrogens is 1. The minimum Gasteiger partial charge on any atom is -0.497 e. The molecule has 1 fully saturated rings. The van der Waals surface area contributed by atoms with E-state index in [4.69, 9.17) is 18.9 Å². The number of benzene rings is 3. The van der Waals surface area contributed by atoms with Gasteiger partial charge in [0, 0.05) is 23.8 Å². The number of aromatic amines is 1. The van der Waals surface area contributed by atoms with Gasteiger partial charge >= 0.3 is 13.6 Å². The highest BCUT2D eigenvalue weighted by atomic mass is 31.2.